The monoisotopic (exact) mass is 279 g/mol. The minimum Gasteiger partial charge on any atom is -0.394 e. The highest BCUT2D eigenvalue weighted by molar-refractivity contribution is 5.65. The van der Waals surface area contributed by atoms with Crippen molar-refractivity contribution in [3.05, 3.63) is 28.3 Å². The van der Waals surface area contributed by atoms with Gasteiger partial charge in [0.05, 0.1) is 17.6 Å². The van der Waals surface area contributed by atoms with E-state index in [1.807, 2.05) is 13.0 Å². The van der Waals surface area contributed by atoms with Crippen LogP contribution in [-0.2, 0) is 0 Å². The Hall–Kier alpha value is -1.82. The van der Waals surface area contributed by atoms with Crippen molar-refractivity contribution in [1.82, 2.24) is 0 Å². The van der Waals surface area contributed by atoms with Gasteiger partial charge in [-0.05, 0) is 25.3 Å². The van der Waals surface area contributed by atoms with Crippen molar-refractivity contribution in [3.63, 3.8) is 0 Å². The molecule has 2 unspecified atom stereocenters. The SMILES string of the molecule is CCNc1cc(N2CCC(C)C2CO)cc([N+](=O)[O-])c1. The van der Waals surface area contributed by atoms with Gasteiger partial charge in [0.25, 0.3) is 5.69 Å². The van der Waals surface area contributed by atoms with Crippen molar-refractivity contribution >= 4 is 17.1 Å². The number of benzene rings is 1. The molecule has 2 N–H and O–H groups in total. The van der Waals surface area contributed by atoms with Gasteiger partial charge in [0.1, 0.15) is 0 Å². The molecule has 6 nitrogen and oxygen atoms in total. The zero-order valence-corrected chi connectivity index (χ0v) is 11.9. The summed E-state index contributed by atoms with van der Waals surface area (Å²) in [6.07, 6.45) is 0.991. The van der Waals surface area contributed by atoms with Crippen LogP contribution in [0.2, 0.25) is 0 Å². The Morgan fingerprint density at radius 2 is 2.25 bits per heavy atom. The van der Waals surface area contributed by atoms with E-state index in [0.717, 1.165) is 24.3 Å². The summed E-state index contributed by atoms with van der Waals surface area (Å²) in [4.78, 5) is 12.7. The third kappa shape index (κ3) is 2.85. The minimum atomic E-state index is -0.377. The second-order valence-corrected chi connectivity index (χ2v) is 5.23. The Morgan fingerprint density at radius 1 is 1.50 bits per heavy atom. The molecule has 0 aliphatic carbocycles. The van der Waals surface area contributed by atoms with E-state index in [0.29, 0.717) is 12.5 Å². The molecule has 1 saturated heterocycles. The second kappa shape index (κ2) is 6.09. The third-order valence-electron chi connectivity index (χ3n) is 3.90. The van der Waals surface area contributed by atoms with Crippen LogP contribution in [0.1, 0.15) is 20.3 Å². The molecule has 20 heavy (non-hydrogen) atoms. The maximum Gasteiger partial charge on any atom is 0.273 e. The van der Waals surface area contributed by atoms with Gasteiger partial charge in [-0.2, -0.15) is 0 Å². The first-order valence-electron chi connectivity index (χ1n) is 6.97. The zero-order valence-electron chi connectivity index (χ0n) is 11.9. The fourth-order valence-electron chi connectivity index (χ4n) is 2.78. The number of anilines is 2. The summed E-state index contributed by atoms with van der Waals surface area (Å²) >= 11 is 0. The Bertz CT molecular complexity index is 493. The lowest BCUT2D eigenvalue weighted by Crippen LogP contribution is -2.35. The molecule has 2 rings (SSSR count). The molecule has 6 heteroatoms. The van der Waals surface area contributed by atoms with Gasteiger partial charge in [0.2, 0.25) is 0 Å². The summed E-state index contributed by atoms with van der Waals surface area (Å²) in [6, 6.07) is 5.07. The molecule has 0 amide bonds. The van der Waals surface area contributed by atoms with Crippen molar-refractivity contribution in [2.24, 2.45) is 5.92 Å². The van der Waals surface area contributed by atoms with E-state index in [4.69, 9.17) is 0 Å². The van der Waals surface area contributed by atoms with Gasteiger partial charge in [-0.15, -0.1) is 0 Å². The number of aliphatic hydroxyl groups excluding tert-OH is 1. The molecular weight excluding hydrogens is 258 g/mol. The fraction of sp³-hybridized carbons (Fsp3) is 0.571. The number of non-ortho nitro benzene ring substituents is 1. The number of nitrogens with zero attached hydrogens (tertiary/aromatic N) is 2. The van der Waals surface area contributed by atoms with E-state index in [9.17, 15) is 15.2 Å². The molecule has 1 heterocycles. The van der Waals surface area contributed by atoms with Crippen LogP contribution in [0.3, 0.4) is 0 Å². The molecule has 110 valence electrons. The quantitative estimate of drug-likeness (QED) is 0.638. The molecule has 1 fully saturated rings. The predicted molar refractivity (Wildman–Crippen MR) is 79.3 cm³/mol. The van der Waals surface area contributed by atoms with E-state index >= 15 is 0 Å². The van der Waals surface area contributed by atoms with Gasteiger partial charge in [0, 0.05) is 36.6 Å². The molecule has 0 spiro atoms. The average Bonchev–Trinajstić information content (AvgIpc) is 2.79. The van der Waals surface area contributed by atoms with E-state index in [1.54, 1.807) is 12.1 Å². The van der Waals surface area contributed by atoms with Crippen LogP contribution in [-0.4, -0.2) is 35.8 Å². The molecule has 1 aliphatic rings. The molecule has 0 aromatic heterocycles. The van der Waals surface area contributed by atoms with Crippen LogP contribution < -0.4 is 10.2 Å². The van der Waals surface area contributed by atoms with Crippen LogP contribution in [0.25, 0.3) is 0 Å². The minimum absolute atomic E-state index is 0.0338. The van der Waals surface area contributed by atoms with Gasteiger partial charge in [0.15, 0.2) is 0 Å². The van der Waals surface area contributed by atoms with Gasteiger partial charge in [-0.1, -0.05) is 6.92 Å². The smallest absolute Gasteiger partial charge is 0.273 e. The lowest BCUT2D eigenvalue weighted by molar-refractivity contribution is -0.384. The summed E-state index contributed by atoms with van der Waals surface area (Å²) < 4.78 is 0. The highest BCUT2D eigenvalue weighted by atomic mass is 16.6. The lowest BCUT2D eigenvalue weighted by atomic mass is 10.0. The normalized spacial score (nSPS) is 22.1. The number of nitro groups is 1. The van der Waals surface area contributed by atoms with Crippen molar-refractivity contribution < 1.29 is 10.0 Å². The summed E-state index contributed by atoms with van der Waals surface area (Å²) in [5.41, 5.74) is 1.63. The number of aliphatic hydroxyl groups is 1. The maximum absolute atomic E-state index is 11.0. The molecule has 0 saturated carbocycles. The van der Waals surface area contributed by atoms with Crippen LogP contribution in [0.4, 0.5) is 17.1 Å². The maximum atomic E-state index is 11.0. The van der Waals surface area contributed by atoms with E-state index in [-0.39, 0.29) is 23.3 Å². The van der Waals surface area contributed by atoms with E-state index in [1.165, 1.54) is 0 Å². The average molecular weight is 279 g/mol. The Balaban J connectivity index is 2.37. The highest BCUT2D eigenvalue weighted by Crippen LogP contribution is 2.33. The number of hydrogen-bond acceptors (Lipinski definition) is 5. The first kappa shape index (κ1) is 14.6. The van der Waals surface area contributed by atoms with E-state index in [2.05, 4.69) is 17.1 Å². The third-order valence-corrected chi connectivity index (χ3v) is 3.90. The summed E-state index contributed by atoms with van der Waals surface area (Å²) in [6.45, 7) is 5.65. The molecule has 1 aromatic rings. The van der Waals surface area contributed by atoms with Gasteiger partial charge in [-0.25, -0.2) is 0 Å². The fourth-order valence-corrected chi connectivity index (χ4v) is 2.78. The largest absolute Gasteiger partial charge is 0.394 e. The Morgan fingerprint density at radius 3 is 2.85 bits per heavy atom. The van der Waals surface area contributed by atoms with Gasteiger partial charge in [-0.3, -0.25) is 10.1 Å². The summed E-state index contributed by atoms with van der Waals surface area (Å²) in [5.74, 6) is 0.391. The zero-order chi connectivity index (χ0) is 14.7. The van der Waals surface area contributed by atoms with Crippen LogP contribution in [0.5, 0.6) is 0 Å². The second-order valence-electron chi connectivity index (χ2n) is 5.23. The van der Waals surface area contributed by atoms with Crippen molar-refractivity contribution in [3.8, 4) is 0 Å². The number of nitro benzene ring substituents is 1. The number of rotatable bonds is 5. The van der Waals surface area contributed by atoms with Crippen LogP contribution in [0.15, 0.2) is 18.2 Å². The molecule has 1 aliphatic heterocycles. The van der Waals surface area contributed by atoms with Gasteiger partial charge >= 0.3 is 0 Å². The van der Waals surface area contributed by atoms with Gasteiger partial charge < -0.3 is 15.3 Å². The summed E-state index contributed by atoms with van der Waals surface area (Å²) in [7, 11) is 0. The predicted octanol–water partition coefficient (Wildman–Crippen LogP) is 2.23. The first-order valence-corrected chi connectivity index (χ1v) is 6.97. The van der Waals surface area contributed by atoms with Crippen LogP contribution >= 0.6 is 0 Å². The Kier molecular flexibility index (Phi) is 4.44. The van der Waals surface area contributed by atoms with Crippen molar-refractivity contribution in [2.75, 3.05) is 29.9 Å². The molecule has 0 radical (unpaired) electrons. The standard InChI is InChI=1S/C14H21N3O3/c1-3-15-11-6-12(8-13(7-11)17(19)20)16-5-4-10(2)14(16)9-18/h6-8,10,14-15,18H,3-5,9H2,1-2H3. The van der Waals surface area contributed by atoms with E-state index < -0.39 is 0 Å². The lowest BCUT2D eigenvalue weighted by Gasteiger charge is -2.27. The molecular formula is C14H21N3O3. The molecule has 1 aromatic carbocycles. The van der Waals surface area contributed by atoms with Crippen molar-refractivity contribution in [1.29, 1.82) is 0 Å². The first-order chi connectivity index (χ1) is 9.56. The number of hydrogen-bond donors (Lipinski definition) is 2. The van der Waals surface area contributed by atoms with Crippen molar-refractivity contribution in [2.45, 2.75) is 26.3 Å². The summed E-state index contributed by atoms with van der Waals surface area (Å²) in [5, 5.41) is 23.7. The molecule has 0 bridgehead atoms. The number of nitrogens with one attached hydrogen (secondary N) is 1. The molecule has 2 atom stereocenters. The Labute approximate surface area is 118 Å². The topological polar surface area (TPSA) is 78.6 Å². The highest BCUT2D eigenvalue weighted by Gasteiger charge is 2.31. The van der Waals surface area contributed by atoms with Crippen LogP contribution in [0, 0.1) is 16.0 Å².